The Balaban J connectivity index is 1.73. The molecule has 1 aromatic carbocycles. The van der Waals surface area contributed by atoms with Crippen LogP contribution in [0.5, 0.6) is 17.2 Å². The molecule has 0 saturated carbocycles. The molecule has 3 rings (SSSR count). The molecule has 160 valence electrons. The summed E-state index contributed by atoms with van der Waals surface area (Å²) >= 11 is 1.62. The molecular weight excluding hydrogens is 424 g/mol. The molecule has 0 aliphatic carbocycles. The third-order valence-electron chi connectivity index (χ3n) is 4.20. The van der Waals surface area contributed by atoms with Gasteiger partial charge >= 0.3 is 0 Å². The molecule has 3 aromatic rings. The zero-order chi connectivity index (χ0) is 21.4. The normalized spacial score (nSPS) is 11.4. The number of benzene rings is 1. The van der Waals surface area contributed by atoms with Gasteiger partial charge in [0.1, 0.15) is 17.2 Å². The highest BCUT2D eigenvalue weighted by Crippen LogP contribution is 2.28. The molecule has 2 heterocycles. The van der Waals surface area contributed by atoms with Crippen LogP contribution in [-0.4, -0.2) is 45.0 Å². The summed E-state index contributed by atoms with van der Waals surface area (Å²) in [7, 11) is -1.59. The quantitative estimate of drug-likeness (QED) is 0.411. The van der Waals surface area contributed by atoms with Crippen LogP contribution in [0.1, 0.15) is 17.1 Å². The highest BCUT2D eigenvalue weighted by molar-refractivity contribution is 7.90. The largest absolute Gasteiger partial charge is 0.491 e. The SMILES string of the molecule is COCCCOc1cc(Oc2ccc(S(C)(=O)=O)cc2)cnc1CCc1nccs1. The number of aryl methyl sites for hydroxylation is 2. The molecule has 0 unspecified atom stereocenters. The lowest BCUT2D eigenvalue weighted by Crippen LogP contribution is -2.05. The van der Waals surface area contributed by atoms with Gasteiger partial charge < -0.3 is 14.2 Å². The van der Waals surface area contributed by atoms with E-state index in [9.17, 15) is 8.42 Å². The van der Waals surface area contributed by atoms with E-state index in [1.807, 2.05) is 11.4 Å². The summed E-state index contributed by atoms with van der Waals surface area (Å²) in [6.45, 7) is 1.12. The van der Waals surface area contributed by atoms with E-state index in [0.29, 0.717) is 36.9 Å². The van der Waals surface area contributed by atoms with E-state index in [-0.39, 0.29) is 4.90 Å². The van der Waals surface area contributed by atoms with Gasteiger partial charge in [-0.25, -0.2) is 13.4 Å². The minimum absolute atomic E-state index is 0.243. The van der Waals surface area contributed by atoms with Gasteiger partial charge in [0.15, 0.2) is 9.84 Å². The zero-order valence-electron chi connectivity index (χ0n) is 16.9. The van der Waals surface area contributed by atoms with E-state index in [2.05, 4.69) is 9.97 Å². The predicted octanol–water partition coefficient (Wildman–Crippen LogP) is 3.93. The zero-order valence-corrected chi connectivity index (χ0v) is 18.5. The fourth-order valence-electron chi connectivity index (χ4n) is 2.70. The maximum Gasteiger partial charge on any atom is 0.175 e. The van der Waals surface area contributed by atoms with Gasteiger partial charge in [0.2, 0.25) is 0 Å². The molecule has 0 amide bonds. The highest BCUT2D eigenvalue weighted by Gasteiger charge is 2.11. The molecular formula is C21H24N2O5S2. The van der Waals surface area contributed by atoms with E-state index >= 15 is 0 Å². The number of hydrogen-bond acceptors (Lipinski definition) is 8. The second-order valence-electron chi connectivity index (χ2n) is 6.58. The minimum atomic E-state index is -3.25. The molecule has 0 N–H and O–H groups in total. The fourth-order valence-corrected chi connectivity index (χ4v) is 3.95. The fraction of sp³-hybridized carbons (Fsp3) is 0.333. The average molecular weight is 449 g/mol. The van der Waals surface area contributed by atoms with E-state index in [1.165, 1.54) is 18.4 Å². The number of ether oxygens (including phenoxy) is 3. The number of rotatable bonds is 11. The van der Waals surface area contributed by atoms with Gasteiger partial charge in [0.25, 0.3) is 0 Å². The first-order valence-corrected chi connectivity index (χ1v) is 12.2. The Morgan fingerprint density at radius 3 is 2.50 bits per heavy atom. The first-order chi connectivity index (χ1) is 14.5. The molecule has 30 heavy (non-hydrogen) atoms. The van der Waals surface area contributed by atoms with E-state index in [0.717, 1.165) is 23.5 Å². The standard InChI is InChI=1S/C21H24N2O5S2/c1-26-11-3-12-27-20-14-17(15-23-19(20)8-9-21-22-10-13-29-21)28-16-4-6-18(7-5-16)30(2,24)25/h4-7,10,13-15H,3,8-9,11-12H2,1-2H3. The van der Waals surface area contributed by atoms with E-state index < -0.39 is 9.84 Å². The Morgan fingerprint density at radius 1 is 1.03 bits per heavy atom. The third kappa shape index (κ3) is 6.51. The first kappa shape index (κ1) is 22.2. The summed E-state index contributed by atoms with van der Waals surface area (Å²) in [4.78, 5) is 9.08. The molecule has 7 nitrogen and oxygen atoms in total. The first-order valence-electron chi connectivity index (χ1n) is 9.42. The van der Waals surface area contributed by atoms with Crippen molar-refractivity contribution in [3.05, 3.63) is 58.8 Å². The van der Waals surface area contributed by atoms with Crippen molar-refractivity contribution in [1.82, 2.24) is 9.97 Å². The van der Waals surface area contributed by atoms with Crippen molar-refractivity contribution < 1.29 is 22.6 Å². The van der Waals surface area contributed by atoms with Gasteiger partial charge in [-0.3, -0.25) is 4.98 Å². The van der Waals surface area contributed by atoms with Crippen LogP contribution in [0.3, 0.4) is 0 Å². The topological polar surface area (TPSA) is 87.6 Å². The molecule has 0 spiro atoms. The summed E-state index contributed by atoms with van der Waals surface area (Å²) in [6.07, 6.45) is 6.86. The molecule has 2 aromatic heterocycles. The minimum Gasteiger partial charge on any atom is -0.491 e. The number of nitrogens with zero attached hydrogens (tertiary/aromatic N) is 2. The van der Waals surface area contributed by atoms with Gasteiger partial charge in [-0.2, -0.15) is 0 Å². The monoisotopic (exact) mass is 448 g/mol. The maximum absolute atomic E-state index is 11.6. The Morgan fingerprint density at radius 2 is 1.83 bits per heavy atom. The lowest BCUT2D eigenvalue weighted by atomic mass is 10.2. The molecule has 0 aliphatic heterocycles. The molecule has 0 bridgehead atoms. The van der Waals surface area contributed by atoms with E-state index in [4.69, 9.17) is 14.2 Å². The van der Waals surface area contributed by atoms with Crippen molar-refractivity contribution in [3.63, 3.8) is 0 Å². The predicted molar refractivity (Wildman–Crippen MR) is 115 cm³/mol. The highest BCUT2D eigenvalue weighted by atomic mass is 32.2. The number of thiazole rings is 1. The summed E-state index contributed by atoms with van der Waals surface area (Å²) in [5.41, 5.74) is 0.836. The van der Waals surface area contributed by atoms with Crippen LogP contribution < -0.4 is 9.47 Å². The van der Waals surface area contributed by atoms with Gasteiger partial charge in [0, 0.05) is 50.5 Å². The molecule has 0 aliphatic rings. The Hall–Kier alpha value is -2.49. The van der Waals surface area contributed by atoms with Crippen molar-refractivity contribution in [1.29, 1.82) is 0 Å². The number of methoxy groups -OCH3 is 1. The van der Waals surface area contributed by atoms with Gasteiger partial charge in [-0.05, 0) is 30.7 Å². The van der Waals surface area contributed by atoms with Gasteiger partial charge in [-0.1, -0.05) is 0 Å². The van der Waals surface area contributed by atoms with Crippen LogP contribution in [0.25, 0.3) is 0 Å². The second-order valence-corrected chi connectivity index (χ2v) is 9.58. The lowest BCUT2D eigenvalue weighted by molar-refractivity contribution is 0.171. The Labute approximate surface area is 180 Å². The lowest BCUT2D eigenvalue weighted by Gasteiger charge is -2.13. The third-order valence-corrected chi connectivity index (χ3v) is 6.17. The number of pyridine rings is 1. The van der Waals surface area contributed by atoms with Crippen LogP contribution in [0.4, 0.5) is 0 Å². The van der Waals surface area contributed by atoms with Crippen molar-refractivity contribution in [3.8, 4) is 17.2 Å². The molecule has 0 atom stereocenters. The summed E-state index contributed by atoms with van der Waals surface area (Å²) in [6, 6.07) is 8.07. The van der Waals surface area contributed by atoms with Crippen molar-refractivity contribution in [2.45, 2.75) is 24.2 Å². The number of sulfone groups is 1. The van der Waals surface area contributed by atoms with Crippen LogP contribution >= 0.6 is 11.3 Å². The molecule has 0 saturated heterocycles. The van der Waals surface area contributed by atoms with E-state index in [1.54, 1.807) is 43.0 Å². The number of hydrogen-bond donors (Lipinski definition) is 0. The van der Waals surface area contributed by atoms with Crippen molar-refractivity contribution >= 4 is 21.2 Å². The molecule has 9 heteroatoms. The Bertz CT molecular complexity index is 1040. The van der Waals surface area contributed by atoms with Crippen LogP contribution in [0, 0.1) is 0 Å². The maximum atomic E-state index is 11.6. The molecule has 0 fully saturated rings. The Kier molecular flexibility index (Phi) is 7.78. The van der Waals surface area contributed by atoms with Crippen LogP contribution in [0.15, 0.2) is 53.0 Å². The average Bonchev–Trinajstić information content (AvgIpc) is 3.24. The van der Waals surface area contributed by atoms with Gasteiger partial charge in [0.05, 0.1) is 28.4 Å². The van der Waals surface area contributed by atoms with Crippen LogP contribution in [0.2, 0.25) is 0 Å². The summed E-state index contributed by atoms with van der Waals surface area (Å²) < 4.78 is 40.0. The van der Waals surface area contributed by atoms with Gasteiger partial charge in [-0.15, -0.1) is 11.3 Å². The van der Waals surface area contributed by atoms with Crippen LogP contribution in [-0.2, 0) is 27.4 Å². The number of aromatic nitrogens is 2. The van der Waals surface area contributed by atoms with Crippen molar-refractivity contribution in [2.24, 2.45) is 0 Å². The second kappa shape index (κ2) is 10.5. The summed E-state index contributed by atoms with van der Waals surface area (Å²) in [5, 5.41) is 3.00. The van der Waals surface area contributed by atoms with Crippen molar-refractivity contribution in [2.75, 3.05) is 26.6 Å². The summed E-state index contributed by atoms with van der Waals surface area (Å²) in [5.74, 6) is 1.69. The molecule has 0 radical (unpaired) electrons. The smallest absolute Gasteiger partial charge is 0.175 e.